The van der Waals surface area contributed by atoms with Gasteiger partial charge in [-0.15, -0.1) is 0 Å². The molecule has 8 rings (SSSR count). The highest BCUT2D eigenvalue weighted by molar-refractivity contribution is 6.12. The van der Waals surface area contributed by atoms with Gasteiger partial charge in [0.15, 0.2) is 5.75 Å². The SMILES string of the molecule is CC1(C)c2ccc3c4ccccc4n(-c4ccccn4)c3c2Oc2c1c1ccccc1n2-c1ccccc1. The summed E-state index contributed by atoms with van der Waals surface area (Å²) in [6, 6.07) is 38.2. The molecule has 1 aliphatic heterocycles. The molecular weight excluding hydrogens is 466 g/mol. The van der Waals surface area contributed by atoms with Crippen molar-refractivity contribution in [3.05, 3.63) is 127 Å². The Morgan fingerprint density at radius 3 is 2.08 bits per heavy atom. The predicted octanol–water partition coefficient (Wildman–Crippen LogP) is 8.55. The maximum atomic E-state index is 7.10. The van der Waals surface area contributed by atoms with Gasteiger partial charge in [0.05, 0.1) is 16.6 Å². The lowest BCUT2D eigenvalue weighted by molar-refractivity contribution is 0.403. The van der Waals surface area contributed by atoms with Crippen LogP contribution in [-0.4, -0.2) is 14.1 Å². The van der Waals surface area contributed by atoms with Crippen molar-refractivity contribution < 1.29 is 4.74 Å². The molecule has 4 heteroatoms. The summed E-state index contributed by atoms with van der Waals surface area (Å²) in [6.07, 6.45) is 1.85. The van der Waals surface area contributed by atoms with E-state index in [-0.39, 0.29) is 5.41 Å². The first-order chi connectivity index (χ1) is 18.6. The number of benzene rings is 4. The van der Waals surface area contributed by atoms with E-state index in [1.807, 2.05) is 18.3 Å². The van der Waals surface area contributed by atoms with Crippen molar-refractivity contribution in [3.8, 4) is 23.1 Å². The summed E-state index contributed by atoms with van der Waals surface area (Å²) in [5.74, 6) is 2.64. The minimum absolute atomic E-state index is 0.290. The Hall–Kier alpha value is -4.83. The second-order valence-electron chi connectivity index (χ2n) is 10.5. The molecule has 0 saturated heterocycles. The van der Waals surface area contributed by atoms with E-state index >= 15 is 0 Å². The third-order valence-corrected chi connectivity index (χ3v) is 8.01. The Morgan fingerprint density at radius 1 is 0.632 bits per heavy atom. The summed E-state index contributed by atoms with van der Waals surface area (Å²) < 4.78 is 11.6. The van der Waals surface area contributed by atoms with Gasteiger partial charge in [-0.2, -0.15) is 0 Å². The zero-order valence-corrected chi connectivity index (χ0v) is 21.2. The molecule has 3 aromatic heterocycles. The quantitative estimate of drug-likeness (QED) is 0.243. The van der Waals surface area contributed by atoms with E-state index in [1.165, 1.54) is 21.9 Å². The molecule has 0 saturated carbocycles. The van der Waals surface area contributed by atoms with Crippen molar-refractivity contribution >= 4 is 32.7 Å². The molecule has 182 valence electrons. The summed E-state index contributed by atoms with van der Waals surface area (Å²) in [7, 11) is 0. The summed E-state index contributed by atoms with van der Waals surface area (Å²) in [6.45, 7) is 4.63. The van der Waals surface area contributed by atoms with Gasteiger partial charge in [-0.1, -0.05) is 86.6 Å². The highest BCUT2D eigenvalue weighted by Crippen LogP contribution is 2.55. The van der Waals surface area contributed by atoms with E-state index in [9.17, 15) is 0 Å². The molecule has 0 radical (unpaired) electrons. The van der Waals surface area contributed by atoms with Gasteiger partial charge in [-0.3, -0.25) is 9.13 Å². The minimum Gasteiger partial charge on any atom is -0.438 e. The summed E-state index contributed by atoms with van der Waals surface area (Å²) in [4.78, 5) is 4.75. The molecule has 0 spiro atoms. The molecule has 1 aliphatic rings. The molecule has 4 heterocycles. The summed E-state index contributed by atoms with van der Waals surface area (Å²) >= 11 is 0. The maximum absolute atomic E-state index is 7.10. The van der Waals surface area contributed by atoms with Gasteiger partial charge in [0.25, 0.3) is 0 Å². The van der Waals surface area contributed by atoms with Crippen LogP contribution in [0.2, 0.25) is 0 Å². The minimum atomic E-state index is -0.290. The first-order valence-corrected chi connectivity index (χ1v) is 13.0. The number of ether oxygens (including phenoxy) is 1. The molecule has 0 bridgehead atoms. The van der Waals surface area contributed by atoms with E-state index in [4.69, 9.17) is 9.72 Å². The molecule has 38 heavy (non-hydrogen) atoms. The van der Waals surface area contributed by atoms with Crippen LogP contribution in [0.1, 0.15) is 25.0 Å². The smallest absolute Gasteiger partial charge is 0.209 e. The molecule has 4 nitrogen and oxygen atoms in total. The second kappa shape index (κ2) is 7.59. The zero-order chi connectivity index (χ0) is 25.4. The summed E-state index contributed by atoms with van der Waals surface area (Å²) in [5, 5.41) is 3.56. The molecule has 0 N–H and O–H groups in total. The molecule has 0 atom stereocenters. The van der Waals surface area contributed by atoms with Crippen LogP contribution in [0.4, 0.5) is 0 Å². The third kappa shape index (κ3) is 2.72. The van der Waals surface area contributed by atoms with Gasteiger partial charge in [-0.25, -0.2) is 4.98 Å². The summed E-state index contributed by atoms with van der Waals surface area (Å²) in [5.41, 5.74) is 6.49. The van der Waals surface area contributed by atoms with Crippen LogP contribution in [0.5, 0.6) is 11.6 Å². The predicted molar refractivity (Wildman–Crippen MR) is 154 cm³/mol. The van der Waals surface area contributed by atoms with Crippen molar-refractivity contribution in [2.75, 3.05) is 0 Å². The lowest BCUT2D eigenvalue weighted by Crippen LogP contribution is -2.24. The lowest BCUT2D eigenvalue weighted by atomic mass is 9.75. The number of rotatable bonds is 2. The van der Waals surface area contributed by atoms with E-state index in [0.29, 0.717) is 0 Å². The monoisotopic (exact) mass is 491 g/mol. The zero-order valence-electron chi connectivity index (χ0n) is 21.2. The number of nitrogens with zero attached hydrogens (tertiary/aromatic N) is 3. The highest BCUT2D eigenvalue weighted by Gasteiger charge is 2.41. The average molecular weight is 492 g/mol. The van der Waals surface area contributed by atoms with Gasteiger partial charge >= 0.3 is 0 Å². The lowest BCUT2D eigenvalue weighted by Gasteiger charge is -2.34. The largest absolute Gasteiger partial charge is 0.438 e. The van der Waals surface area contributed by atoms with E-state index in [2.05, 4.69) is 120 Å². The molecule has 0 unspecified atom stereocenters. The van der Waals surface area contributed by atoms with Gasteiger partial charge in [-0.05, 0) is 36.4 Å². The maximum Gasteiger partial charge on any atom is 0.209 e. The Bertz CT molecular complexity index is 2010. The number of fused-ring (bicyclic) bond motifs is 8. The Labute approximate surface area is 220 Å². The van der Waals surface area contributed by atoms with Crippen LogP contribution < -0.4 is 4.74 Å². The van der Waals surface area contributed by atoms with Crippen LogP contribution in [0.3, 0.4) is 0 Å². The number of para-hydroxylation sites is 3. The van der Waals surface area contributed by atoms with Gasteiger partial charge < -0.3 is 4.74 Å². The highest BCUT2D eigenvalue weighted by atomic mass is 16.5. The number of pyridine rings is 1. The van der Waals surface area contributed by atoms with E-state index in [1.54, 1.807) is 0 Å². The van der Waals surface area contributed by atoms with E-state index < -0.39 is 0 Å². The normalized spacial score (nSPS) is 13.9. The van der Waals surface area contributed by atoms with Crippen molar-refractivity contribution in [1.29, 1.82) is 0 Å². The Morgan fingerprint density at radius 2 is 1.32 bits per heavy atom. The third-order valence-electron chi connectivity index (χ3n) is 8.01. The van der Waals surface area contributed by atoms with Crippen molar-refractivity contribution in [3.63, 3.8) is 0 Å². The first kappa shape index (κ1) is 21.3. The average Bonchev–Trinajstić information content (AvgIpc) is 3.48. The van der Waals surface area contributed by atoms with Crippen molar-refractivity contribution in [2.45, 2.75) is 19.3 Å². The fourth-order valence-electron chi connectivity index (χ4n) is 6.33. The number of aromatic nitrogens is 3. The Balaban J connectivity index is 1.52. The second-order valence-corrected chi connectivity index (χ2v) is 10.5. The standard InChI is InChI=1S/C34H25N3O/c1-34(2)26-20-19-24-23-14-6-8-16-27(23)37(29-18-10-11-21-35-29)31(24)32(26)38-33-30(34)25-15-7-9-17-28(25)36(33)22-12-4-3-5-13-22/h3-21H,1-2H3. The Kier molecular flexibility index (Phi) is 4.25. The first-order valence-electron chi connectivity index (χ1n) is 13.0. The van der Waals surface area contributed by atoms with Gasteiger partial charge in [0.2, 0.25) is 5.88 Å². The molecular formula is C34H25N3O. The molecule has 0 fully saturated rings. The van der Waals surface area contributed by atoms with Gasteiger partial charge in [0.1, 0.15) is 5.82 Å². The topological polar surface area (TPSA) is 32.0 Å². The molecule has 4 aromatic carbocycles. The van der Waals surface area contributed by atoms with Crippen LogP contribution in [-0.2, 0) is 5.41 Å². The van der Waals surface area contributed by atoms with Crippen molar-refractivity contribution in [1.82, 2.24) is 14.1 Å². The fraction of sp³-hybridized carbons (Fsp3) is 0.0882. The van der Waals surface area contributed by atoms with Crippen molar-refractivity contribution in [2.24, 2.45) is 0 Å². The van der Waals surface area contributed by atoms with Crippen LogP contribution in [0, 0.1) is 0 Å². The van der Waals surface area contributed by atoms with E-state index in [0.717, 1.165) is 45.1 Å². The number of hydrogen-bond acceptors (Lipinski definition) is 2. The van der Waals surface area contributed by atoms with Crippen LogP contribution in [0.15, 0.2) is 115 Å². The fourth-order valence-corrected chi connectivity index (χ4v) is 6.33. The van der Waals surface area contributed by atoms with Crippen LogP contribution in [0.25, 0.3) is 44.2 Å². The molecule has 0 aliphatic carbocycles. The van der Waals surface area contributed by atoms with Gasteiger partial charge in [0, 0.05) is 44.6 Å². The molecule has 0 amide bonds. The number of hydrogen-bond donors (Lipinski definition) is 0. The molecule has 7 aromatic rings. The van der Waals surface area contributed by atoms with Crippen LogP contribution >= 0.6 is 0 Å².